The first-order valence-electron chi connectivity index (χ1n) is 5.44. The fraction of sp³-hybridized carbons (Fsp3) is 0.286. The van der Waals surface area contributed by atoms with Crippen LogP contribution in [0.2, 0.25) is 0 Å². The van der Waals surface area contributed by atoms with E-state index in [-0.39, 0.29) is 0 Å². The van der Waals surface area contributed by atoms with E-state index in [2.05, 4.69) is 35.8 Å². The van der Waals surface area contributed by atoms with Crippen molar-refractivity contribution >= 4 is 11.9 Å². The largest absolute Gasteiger partial charge is 0.247 e. The molecule has 2 rings (SSSR count). The molecule has 1 heterocycles. The molecule has 0 N–H and O–H groups in total. The minimum Gasteiger partial charge on any atom is -0.247 e. The number of benzene rings is 1. The maximum Gasteiger partial charge on any atom is 0.112 e. The molecule has 1 aliphatic rings. The zero-order chi connectivity index (χ0) is 10.7. The van der Waals surface area contributed by atoms with Crippen LogP contribution in [0.25, 0.3) is 5.70 Å². The van der Waals surface area contributed by atoms with Gasteiger partial charge in [-0.1, -0.05) is 31.2 Å². The van der Waals surface area contributed by atoms with Gasteiger partial charge in [-0.15, -0.1) is 0 Å². The van der Waals surface area contributed by atoms with Crippen LogP contribution in [0.5, 0.6) is 0 Å². The van der Waals surface area contributed by atoms with E-state index in [9.17, 15) is 0 Å². The van der Waals surface area contributed by atoms with Gasteiger partial charge in [0.2, 0.25) is 0 Å². The van der Waals surface area contributed by atoms with Crippen molar-refractivity contribution in [3.63, 3.8) is 0 Å². The summed E-state index contributed by atoms with van der Waals surface area (Å²) >= 11 is 0. The number of nitrogens with zero attached hydrogens (tertiary/aromatic N) is 1. The summed E-state index contributed by atoms with van der Waals surface area (Å²) in [7, 11) is 0. The Labute approximate surface area is 90.9 Å². The van der Waals surface area contributed by atoms with E-state index in [1.807, 2.05) is 19.2 Å². The Bertz CT molecular complexity index is 460. The number of aliphatic imine (C=N–C) groups is 1. The van der Waals surface area contributed by atoms with E-state index < -0.39 is 0 Å². The lowest BCUT2D eigenvalue weighted by Gasteiger charge is -2.01. The molecule has 0 atom stereocenters. The van der Waals surface area contributed by atoms with Gasteiger partial charge in [0.15, 0.2) is 0 Å². The summed E-state index contributed by atoms with van der Waals surface area (Å²) in [5.41, 5.74) is 7.92. The molecule has 1 aromatic rings. The molecule has 0 unspecified atom stereocenters. The van der Waals surface area contributed by atoms with Gasteiger partial charge in [0.1, 0.15) is 5.70 Å². The third-order valence-corrected chi connectivity index (χ3v) is 2.52. The number of aryl methyl sites for hydroxylation is 1. The first-order chi connectivity index (χ1) is 7.35. The van der Waals surface area contributed by atoms with Crippen LogP contribution in [0.1, 0.15) is 37.0 Å². The Morgan fingerprint density at radius 3 is 3.00 bits per heavy atom. The van der Waals surface area contributed by atoms with Gasteiger partial charge < -0.3 is 0 Å². The van der Waals surface area contributed by atoms with E-state index in [1.54, 1.807) is 0 Å². The molecule has 76 valence electrons. The highest BCUT2D eigenvalue weighted by Gasteiger charge is 2.11. The Morgan fingerprint density at radius 2 is 2.27 bits per heavy atom. The summed E-state index contributed by atoms with van der Waals surface area (Å²) in [6, 6.07) is 6.57. The molecular formula is C14H15N. The highest BCUT2D eigenvalue weighted by atomic mass is 14.8. The van der Waals surface area contributed by atoms with E-state index in [4.69, 9.17) is 0 Å². The first kappa shape index (κ1) is 9.95. The maximum absolute atomic E-state index is 4.34. The number of rotatable bonds is 2. The summed E-state index contributed by atoms with van der Waals surface area (Å²) in [5.74, 6) is 0. The van der Waals surface area contributed by atoms with Crippen LogP contribution in [0.15, 0.2) is 35.0 Å². The summed E-state index contributed by atoms with van der Waals surface area (Å²) in [5, 5.41) is 0. The fourth-order valence-corrected chi connectivity index (χ4v) is 1.83. The Kier molecular flexibility index (Phi) is 2.84. The lowest BCUT2D eigenvalue weighted by molar-refractivity contribution is 0.921. The van der Waals surface area contributed by atoms with Gasteiger partial charge in [-0.2, -0.15) is 0 Å². The van der Waals surface area contributed by atoms with Gasteiger partial charge in [-0.3, -0.25) is 0 Å². The van der Waals surface area contributed by atoms with E-state index in [1.165, 1.54) is 23.1 Å². The van der Waals surface area contributed by atoms with Gasteiger partial charge >= 0.3 is 0 Å². The Hall–Kier alpha value is -1.59. The SMILES string of the molecule is CC=C=C1N=Cc2cc(CCC)ccc21. The number of hydrogen-bond donors (Lipinski definition) is 0. The van der Waals surface area contributed by atoms with Gasteiger partial charge in [0.25, 0.3) is 0 Å². The van der Waals surface area contributed by atoms with Crippen molar-refractivity contribution in [3.8, 4) is 0 Å². The third-order valence-electron chi connectivity index (χ3n) is 2.52. The first-order valence-corrected chi connectivity index (χ1v) is 5.44. The molecule has 0 bridgehead atoms. The minimum absolute atomic E-state index is 0.954. The number of allylic oxidation sites excluding steroid dienone is 1. The van der Waals surface area contributed by atoms with E-state index in [0.29, 0.717) is 0 Å². The van der Waals surface area contributed by atoms with Crippen molar-refractivity contribution in [1.82, 2.24) is 0 Å². The third kappa shape index (κ3) is 1.93. The summed E-state index contributed by atoms with van der Waals surface area (Å²) < 4.78 is 0. The highest BCUT2D eigenvalue weighted by molar-refractivity contribution is 5.97. The van der Waals surface area contributed by atoms with Gasteiger partial charge in [-0.05, 0) is 31.1 Å². The number of fused-ring (bicyclic) bond motifs is 1. The Balaban J connectivity index is 2.42. The van der Waals surface area contributed by atoms with E-state index in [0.717, 1.165) is 12.1 Å². The lowest BCUT2D eigenvalue weighted by Crippen LogP contribution is -1.88. The maximum atomic E-state index is 4.34. The molecule has 15 heavy (non-hydrogen) atoms. The predicted octanol–water partition coefficient (Wildman–Crippen LogP) is 3.59. The van der Waals surface area contributed by atoms with Crippen LogP contribution < -0.4 is 0 Å². The van der Waals surface area contributed by atoms with Gasteiger partial charge in [0, 0.05) is 17.3 Å². The van der Waals surface area contributed by atoms with Crippen molar-refractivity contribution in [1.29, 1.82) is 0 Å². The molecule has 0 spiro atoms. The number of hydrogen-bond acceptors (Lipinski definition) is 1. The zero-order valence-corrected chi connectivity index (χ0v) is 9.25. The topological polar surface area (TPSA) is 12.4 Å². The lowest BCUT2D eigenvalue weighted by atomic mass is 10.0. The van der Waals surface area contributed by atoms with Crippen LogP contribution in [-0.4, -0.2) is 6.21 Å². The van der Waals surface area contributed by atoms with Crippen molar-refractivity contribution in [2.24, 2.45) is 4.99 Å². The van der Waals surface area contributed by atoms with Crippen molar-refractivity contribution in [2.75, 3.05) is 0 Å². The molecule has 1 aliphatic heterocycles. The smallest absolute Gasteiger partial charge is 0.112 e. The average molecular weight is 197 g/mol. The fourth-order valence-electron chi connectivity index (χ4n) is 1.83. The van der Waals surface area contributed by atoms with Crippen LogP contribution in [0.4, 0.5) is 0 Å². The van der Waals surface area contributed by atoms with Crippen LogP contribution >= 0.6 is 0 Å². The summed E-state index contributed by atoms with van der Waals surface area (Å²) in [4.78, 5) is 4.34. The van der Waals surface area contributed by atoms with Crippen molar-refractivity contribution < 1.29 is 0 Å². The minimum atomic E-state index is 0.954. The second-order valence-electron chi connectivity index (χ2n) is 3.71. The molecule has 0 aromatic heterocycles. The monoisotopic (exact) mass is 197 g/mol. The second kappa shape index (κ2) is 4.29. The summed E-state index contributed by atoms with van der Waals surface area (Å²) in [6.45, 7) is 4.17. The molecule has 1 aromatic carbocycles. The molecule has 0 amide bonds. The molecule has 0 saturated carbocycles. The second-order valence-corrected chi connectivity index (χ2v) is 3.71. The zero-order valence-electron chi connectivity index (χ0n) is 9.25. The van der Waals surface area contributed by atoms with Crippen LogP contribution in [0, 0.1) is 0 Å². The van der Waals surface area contributed by atoms with E-state index >= 15 is 0 Å². The Morgan fingerprint density at radius 1 is 1.40 bits per heavy atom. The molecule has 0 saturated heterocycles. The van der Waals surface area contributed by atoms with Crippen LogP contribution in [-0.2, 0) is 6.42 Å². The quantitative estimate of drug-likeness (QED) is 0.642. The average Bonchev–Trinajstić information content (AvgIpc) is 2.62. The standard InChI is InChI=1S/C14H15N/c1-3-5-11-7-8-13-12(9-11)10-15-14(13)6-4-2/h4,7-10H,3,5H2,1-2H3. The molecule has 1 nitrogen and oxygen atoms in total. The van der Waals surface area contributed by atoms with Gasteiger partial charge in [0.05, 0.1) is 0 Å². The van der Waals surface area contributed by atoms with Crippen molar-refractivity contribution in [3.05, 3.63) is 46.7 Å². The summed E-state index contributed by atoms with van der Waals surface area (Å²) in [6.07, 6.45) is 6.17. The molecule has 0 fully saturated rings. The molecule has 0 aliphatic carbocycles. The molecule has 0 radical (unpaired) electrons. The van der Waals surface area contributed by atoms with Crippen molar-refractivity contribution in [2.45, 2.75) is 26.7 Å². The molecular weight excluding hydrogens is 182 g/mol. The predicted molar refractivity (Wildman–Crippen MR) is 65.2 cm³/mol. The van der Waals surface area contributed by atoms with Gasteiger partial charge in [-0.25, -0.2) is 4.99 Å². The molecule has 1 heteroatoms. The van der Waals surface area contributed by atoms with Crippen LogP contribution in [0.3, 0.4) is 0 Å². The normalized spacial score (nSPS) is 12.5. The highest BCUT2D eigenvalue weighted by Crippen LogP contribution is 2.25.